The zero-order valence-corrected chi connectivity index (χ0v) is 17.9. The summed E-state index contributed by atoms with van der Waals surface area (Å²) < 4.78 is 11.4. The highest BCUT2D eigenvalue weighted by atomic mass is 16.5. The molecule has 0 heterocycles. The molecule has 0 spiro atoms. The standard InChI is InChI=1S/C26H28N2O2/c1-17(2)29-23-12-8-19(9-13-23)25(27)21-6-5-7-22(16-21)26(28)20-10-14-24(15-11-20)30-18(3)4/h5-18,27-28H,1-4H3. The van der Waals surface area contributed by atoms with Crippen LogP contribution in [0.15, 0.2) is 72.8 Å². The maximum absolute atomic E-state index is 8.59. The molecule has 30 heavy (non-hydrogen) atoms. The van der Waals surface area contributed by atoms with E-state index in [1.165, 1.54) is 0 Å². The Labute approximate surface area is 178 Å². The fourth-order valence-corrected chi connectivity index (χ4v) is 3.11. The lowest BCUT2D eigenvalue weighted by molar-refractivity contribution is 0.242. The highest BCUT2D eigenvalue weighted by Crippen LogP contribution is 2.20. The second-order valence-corrected chi connectivity index (χ2v) is 7.71. The van der Waals surface area contributed by atoms with E-state index in [1.807, 2.05) is 100 Å². The Morgan fingerprint density at radius 1 is 0.567 bits per heavy atom. The van der Waals surface area contributed by atoms with Crippen molar-refractivity contribution in [1.29, 1.82) is 10.8 Å². The summed E-state index contributed by atoms with van der Waals surface area (Å²) >= 11 is 0. The molecule has 154 valence electrons. The van der Waals surface area contributed by atoms with Crippen molar-refractivity contribution in [3.63, 3.8) is 0 Å². The van der Waals surface area contributed by atoms with Crippen LogP contribution in [0.3, 0.4) is 0 Å². The zero-order chi connectivity index (χ0) is 21.7. The minimum atomic E-state index is 0.115. The van der Waals surface area contributed by atoms with Gasteiger partial charge in [0.25, 0.3) is 0 Å². The van der Waals surface area contributed by atoms with Gasteiger partial charge >= 0.3 is 0 Å². The van der Waals surface area contributed by atoms with Gasteiger partial charge in [-0.25, -0.2) is 0 Å². The van der Waals surface area contributed by atoms with Crippen molar-refractivity contribution in [2.24, 2.45) is 0 Å². The van der Waals surface area contributed by atoms with E-state index in [0.717, 1.165) is 33.8 Å². The van der Waals surface area contributed by atoms with Gasteiger partial charge in [0.05, 0.1) is 23.6 Å². The van der Waals surface area contributed by atoms with Crippen molar-refractivity contribution in [1.82, 2.24) is 0 Å². The molecule has 0 saturated heterocycles. The average Bonchev–Trinajstić information content (AvgIpc) is 2.73. The molecule has 0 amide bonds. The lowest BCUT2D eigenvalue weighted by Crippen LogP contribution is -2.08. The Morgan fingerprint density at radius 2 is 0.933 bits per heavy atom. The maximum Gasteiger partial charge on any atom is 0.119 e. The van der Waals surface area contributed by atoms with E-state index in [9.17, 15) is 0 Å². The Hall–Kier alpha value is -3.40. The Kier molecular flexibility index (Phi) is 6.68. The molecular weight excluding hydrogens is 372 g/mol. The van der Waals surface area contributed by atoms with E-state index in [4.69, 9.17) is 20.3 Å². The van der Waals surface area contributed by atoms with Gasteiger partial charge in [-0.15, -0.1) is 0 Å². The fraction of sp³-hybridized carbons (Fsp3) is 0.231. The number of nitrogens with one attached hydrogen (secondary N) is 2. The van der Waals surface area contributed by atoms with E-state index in [-0.39, 0.29) is 12.2 Å². The quantitative estimate of drug-likeness (QED) is 0.449. The van der Waals surface area contributed by atoms with Gasteiger partial charge in [0, 0.05) is 22.3 Å². The van der Waals surface area contributed by atoms with Gasteiger partial charge in [-0.05, 0) is 82.3 Å². The molecule has 0 bridgehead atoms. The predicted octanol–water partition coefficient (Wildman–Crippen LogP) is 6.09. The molecule has 0 aliphatic heterocycles. The van der Waals surface area contributed by atoms with Crippen LogP contribution < -0.4 is 9.47 Å². The molecule has 0 atom stereocenters. The first-order chi connectivity index (χ1) is 14.3. The SMILES string of the molecule is CC(C)Oc1ccc(C(=N)c2cccc(C(=N)c3ccc(OC(C)C)cc3)c2)cc1. The molecule has 4 nitrogen and oxygen atoms in total. The summed E-state index contributed by atoms with van der Waals surface area (Å²) in [5.74, 6) is 1.59. The number of hydrogen-bond donors (Lipinski definition) is 2. The van der Waals surface area contributed by atoms with Crippen LogP contribution in [-0.2, 0) is 0 Å². The number of benzene rings is 3. The molecule has 2 N–H and O–H groups in total. The highest BCUT2D eigenvalue weighted by molar-refractivity contribution is 6.15. The highest BCUT2D eigenvalue weighted by Gasteiger charge is 2.10. The largest absolute Gasteiger partial charge is 0.491 e. The van der Waals surface area contributed by atoms with Crippen molar-refractivity contribution >= 4 is 11.4 Å². The number of hydrogen-bond acceptors (Lipinski definition) is 4. The molecule has 0 radical (unpaired) electrons. The molecule has 0 aliphatic rings. The minimum absolute atomic E-state index is 0.115. The number of ether oxygens (including phenoxy) is 2. The van der Waals surface area contributed by atoms with Crippen LogP contribution in [0, 0.1) is 10.8 Å². The van der Waals surface area contributed by atoms with Gasteiger partial charge in [0.1, 0.15) is 11.5 Å². The molecule has 0 fully saturated rings. The third kappa shape index (κ3) is 5.35. The topological polar surface area (TPSA) is 66.2 Å². The average molecular weight is 401 g/mol. The summed E-state index contributed by atoms with van der Waals surface area (Å²) in [5, 5.41) is 17.2. The summed E-state index contributed by atoms with van der Waals surface area (Å²) in [4.78, 5) is 0. The minimum Gasteiger partial charge on any atom is -0.491 e. The third-order valence-electron chi connectivity index (χ3n) is 4.47. The molecule has 3 rings (SSSR count). The van der Waals surface area contributed by atoms with Crippen LogP contribution in [0.5, 0.6) is 11.5 Å². The smallest absolute Gasteiger partial charge is 0.119 e. The lowest BCUT2D eigenvalue weighted by Gasteiger charge is -2.12. The van der Waals surface area contributed by atoms with Crippen molar-refractivity contribution in [2.75, 3.05) is 0 Å². The normalized spacial score (nSPS) is 10.9. The first-order valence-electron chi connectivity index (χ1n) is 10.2. The van der Waals surface area contributed by atoms with Crippen LogP contribution in [0.2, 0.25) is 0 Å². The van der Waals surface area contributed by atoms with Gasteiger partial charge < -0.3 is 9.47 Å². The van der Waals surface area contributed by atoms with Gasteiger partial charge in [-0.1, -0.05) is 18.2 Å². The van der Waals surface area contributed by atoms with Crippen molar-refractivity contribution < 1.29 is 9.47 Å². The fourth-order valence-electron chi connectivity index (χ4n) is 3.11. The lowest BCUT2D eigenvalue weighted by atomic mass is 9.96. The summed E-state index contributed by atoms with van der Waals surface area (Å²) in [6.07, 6.45) is 0.230. The van der Waals surface area contributed by atoms with Crippen molar-refractivity contribution in [2.45, 2.75) is 39.9 Å². The van der Waals surface area contributed by atoms with Crippen LogP contribution in [-0.4, -0.2) is 23.6 Å². The van der Waals surface area contributed by atoms with E-state index >= 15 is 0 Å². The van der Waals surface area contributed by atoms with E-state index in [1.54, 1.807) is 0 Å². The molecule has 0 unspecified atom stereocenters. The van der Waals surface area contributed by atoms with Crippen molar-refractivity contribution in [3.8, 4) is 11.5 Å². The van der Waals surface area contributed by atoms with E-state index in [2.05, 4.69) is 0 Å². The summed E-state index contributed by atoms with van der Waals surface area (Å²) in [5.41, 5.74) is 4.00. The van der Waals surface area contributed by atoms with Crippen molar-refractivity contribution in [3.05, 3.63) is 95.1 Å². The van der Waals surface area contributed by atoms with E-state index in [0.29, 0.717) is 11.4 Å². The van der Waals surface area contributed by atoms with Crippen LogP contribution in [0.4, 0.5) is 0 Å². The van der Waals surface area contributed by atoms with E-state index < -0.39 is 0 Å². The van der Waals surface area contributed by atoms with Gasteiger partial charge in [-0.3, -0.25) is 10.8 Å². The number of rotatable bonds is 8. The molecular formula is C26H28N2O2. The van der Waals surface area contributed by atoms with Gasteiger partial charge in [-0.2, -0.15) is 0 Å². The second-order valence-electron chi connectivity index (χ2n) is 7.71. The molecule has 0 aliphatic carbocycles. The zero-order valence-electron chi connectivity index (χ0n) is 17.9. The van der Waals surface area contributed by atoms with Crippen LogP contribution in [0.25, 0.3) is 0 Å². The summed E-state index contributed by atoms with van der Waals surface area (Å²) in [6.45, 7) is 7.95. The predicted molar refractivity (Wildman–Crippen MR) is 123 cm³/mol. The van der Waals surface area contributed by atoms with Crippen LogP contribution >= 0.6 is 0 Å². The van der Waals surface area contributed by atoms with Gasteiger partial charge in [0.2, 0.25) is 0 Å². The third-order valence-corrected chi connectivity index (χ3v) is 4.47. The first-order valence-corrected chi connectivity index (χ1v) is 10.2. The van der Waals surface area contributed by atoms with Crippen LogP contribution in [0.1, 0.15) is 49.9 Å². The molecule has 3 aromatic rings. The second kappa shape index (κ2) is 9.40. The maximum atomic E-state index is 8.59. The summed E-state index contributed by atoms with van der Waals surface area (Å²) in [7, 11) is 0. The Bertz CT molecular complexity index is 939. The molecule has 0 aromatic heterocycles. The first kappa shape index (κ1) is 21.3. The molecule has 4 heteroatoms. The monoisotopic (exact) mass is 400 g/mol. The Morgan fingerprint density at radius 3 is 1.27 bits per heavy atom. The Balaban J connectivity index is 1.78. The molecule has 0 saturated carbocycles. The van der Waals surface area contributed by atoms with Gasteiger partial charge in [0.15, 0.2) is 0 Å². The summed E-state index contributed by atoms with van der Waals surface area (Å²) in [6, 6.07) is 22.7. The molecule has 3 aromatic carbocycles.